The van der Waals surface area contributed by atoms with Crippen LogP contribution in [0, 0.1) is 0 Å². The molecule has 3 heteroatoms. The highest BCUT2D eigenvalue weighted by Gasteiger charge is 2.20. The number of carbonyl (C=O) groups is 1. The van der Waals surface area contributed by atoms with Gasteiger partial charge in [-0.2, -0.15) is 0 Å². The summed E-state index contributed by atoms with van der Waals surface area (Å²) in [5, 5.41) is 3.05. The second-order valence-corrected chi connectivity index (χ2v) is 7.21. The van der Waals surface area contributed by atoms with Crippen molar-refractivity contribution in [2.24, 2.45) is 0 Å². The summed E-state index contributed by atoms with van der Waals surface area (Å²) < 4.78 is 0. The fraction of sp³-hybridized carbons (Fsp3) is 0.375. The summed E-state index contributed by atoms with van der Waals surface area (Å²) in [6.45, 7) is 4.61. The number of benzene rings is 2. The molecular weight excluding hydrogens is 332 g/mol. The van der Waals surface area contributed by atoms with Gasteiger partial charge in [-0.3, -0.25) is 4.79 Å². The maximum absolute atomic E-state index is 12.3. The highest BCUT2D eigenvalue weighted by Crippen LogP contribution is 2.23. The zero-order chi connectivity index (χ0) is 18.9. The van der Waals surface area contributed by atoms with E-state index in [2.05, 4.69) is 29.3 Å². The number of nitrogens with one attached hydrogen (secondary N) is 1. The minimum Gasteiger partial charge on any atom is -0.322 e. The van der Waals surface area contributed by atoms with Crippen molar-refractivity contribution < 1.29 is 4.79 Å². The van der Waals surface area contributed by atoms with Crippen molar-refractivity contribution >= 4 is 17.7 Å². The first-order valence-corrected chi connectivity index (χ1v) is 10.1. The summed E-state index contributed by atoms with van der Waals surface area (Å²) >= 11 is 0. The summed E-state index contributed by atoms with van der Waals surface area (Å²) in [4.78, 5) is 14.9. The minimum atomic E-state index is -0.0841. The van der Waals surface area contributed by atoms with Gasteiger partial charge in [-0.15, -0.1) is 0 Å². The average molecular weight is 363 g/mol. The fourth-order valence-corrected chi connectivity index (χ4v) is 3.90. The lowest BCUT2D eigenvalue weighted by Gasteiger charge is -2.35. The zero-order valence-corrected chi connectivity index (χ0v) is 16.2. The number of hydrogen-bond donors (Lipinski definition) is 1. The SMILES string of the molecule is CCN1CCCCC1CCc1ccccc1NC(=O)C=Cc1ccccc1. The smallest absolute Gasteiger partial charge is 0.248 e. The first kappa shape index (κ1) is 19.4. The first-order valence-electron chi connectivity index (χ1n) is 10.1. The molecule has 1 N–H and O–H groups in total. The van der Waals surface area contributed by atoms with Crippen LogP contribution >= 0.6 is 0 Å². The van der Waals surface area contributed by atoms with Gasteiger partial charge >= 0.3 is 0 Å². The molecule has 0 spiro atoms. The maximum Gasteiger partial charge on any atom is 0.248 e. The van der Waals surface area contributed by atoms with E-state index in [4.69, 9.17) is 0 Å². The van der Waals surface area contributed by atoms with Gasteiger partial charge in [-0.25, -0.2) is 0 Å². The van der Waals surface area contributed by atoms with E-state index in [1.54, 1.807) is 6.08 Å². The Morgan fingerprint density at radius 1 is 1.11 bits per heavy atom. The molecule has 1 fully saturated rings. The van der Waals surface area contributed by atoms with Crippen LogP contribution in [0.4, 0.5) is 5.69 Å². The molecule has 1 heterocycles. The average Bonchev–Trinajstić information content (AvgIpc) is 2.72. The number of rotatable bonds is 7. The molecule has 0 radical (unpaired) electrons. The Balaban J connectivity index is 1.60. The van der Waals surface area contributed by atoms with E-state index in [1.165, 1.54) is 31.4 Å². The summed E-state index contributed by atoms with van der Waals surface area (Å²) in [5.74, 6) is -0.0841. The molecule has 2 aromatic carbocycles. The van der Waals surface area contributed by atoms with Crippen LogP contribution in [0.1, 0.15) is 43.7 Å². The van der Waals surface area contributed by atoms with Gasteiger partial charge in [0.05, 0.1) is 0 Å². The van der Waals surface area contributed by atoms with Gasteiger partial charge in [-0.1, -0.05) is 61.9 Å². The number of hydrogen-bond acceptors (Lipinski definition) is 2. The largest absolute Gasteiger partial charge is 0.322 e. The number of piperidine rings is 1. The van der Waals surface area contributed by atoms with Crippen LogP contribution in [-0.4, -0.2) is 29.9 Å². The molecule has 142 valence electrons. The topological polar surface area (TPSA) is 32.3 Å². The molecule has 3 rings (SSSR count). The van der Waals surface area contributed by atoms with Gasteiger partial charge in [-0.05, 0) is 62.0 Å². The van der Waals surface area contributed by atoms with Crippen molar-refractivity contribution in [2.75, 3.05) is 18.4 Å². The molecule has 1 unspecified atom stereocenters. The number of aryl methyl sites for hydroxylation is 1. The quantitative estimate of drug-likeness (QED) is 0.691. The Labute approximate surface area is 163 Å². The Kier molecular flexibility index (Phi) is 7.23. The van der Waals surface area contributed by atoms with Crippen LogP contribution in [0.3, 0.4) is 0 Å². The van der Waals surface area contributed by atoms with Gasteiger partial charge < -0.3 is 10.2 Å². The number of anilines is 1. The lowest BCUT2D eigenvalue weighted by molar-refractivity contribution is -0.111. The highest BCUT2D eigenvalue weighted by atomic mass is 16.1. The molecule has 0 aliphatic carbocycles. The van der Waals surface area contributed by atoms with Crippen LogP contribution < -0.4 is 5.32 Å². The third-order valence-electron chi connectivity index (χ3n) is 5.40. The van der Waals surface area contributed by atoms with Gasteiger partial charge in [0, 0.05) is 17.8 Å². The van der Waals surface area contributed by atoms with Crippen molar-refractivity contribution in [2.45, 2.75) is 45.1 Å². The second kappa shape index (κ2) is 10.1. The number of nitrogens with zero attached hydrogens (tertiary/aromatic N) is 1. The van der Waals surface area contributed by atoms with Crippen LogP contribution in [0.15, 0.2) is 60.7 Å². The number of carbonyl (C=O) groups excluding carboxylic acids is 1. The molecule has 1 atom stereocenters. The van der Waals surface area contributed by atoms with E-state index < -0.39 is 0 Å². The molecule has 0 saturated carbocycles. The van der Waals surface area contributed by atoms with Crippen LogP contribution in [0.2, 0.25) is 0 Å². The molecule has 2 aromatic rings. The predicted molar refractivity (Wildman–Crippen MR) is 114 cm³/mol. The lowest BCUT2D eigenvalue weighted by atomic mass is 9.95. The Bertz CT molecular complexity index is 754. The highest BCUT2D eigenvalue weighted by molar-refractivity contribution is 6.02. The van der Waals surface area contributed by atoms with E-state index in [0.717, 1.165) is 30.6 Å². The number of likely N-dealkylation sites (tertiary alicyclic amines) is 1. The van der Waals surface area contributed by atoms with Crippen molar-refractivity contribution in [3.05, 3.63) is 71.8 Å². The molecule has 1 aliphatic heterocycles. The van der Waals surface area contributed by atoms with Crippen LogP contribution in [-0.2, 0) is 11.2 Å². The summed E-state index contributed by atoms with van der Waals surface area (Å²) in [5.41, 5.74) is 3.18. The summed E-state index contributed by atoms with van der Waals surface area (Å²) in [6.07, 6.45) is 9.56. The lowest BCUT2D eigenvalue weighted by Crippen LogP contribution is -2.39. The minimum absolute atomic E-state index is 0.0841. The van der Waals surface area contributed by atoms with Crippen LogP contribution in [0.25, 0.3) is 6.08 Å². The fourth-order valence-electron chi connectivity index (χ4n) is 3.90. The predicted octanol–water partition coefficient (Wildman–Crippen LogP) is 5.15. The normalized spacial score (nSPS) is 17.9. The molecule has 1 aliphatic rings. The van der Waals surface area contributed by atoms with E-state index >= 15 is 0 Å². The maximum atomic E-state index is 12.3. The molecule has 1 amide bonds. The monoisotopic (exact) mass is 362 g/mol. The molecular formula is C24H30N2O. The summed E-state index contributed by atoms with van der Waals surface area (Å²) in [6, 6.07) is 18.7. The van der Waals surface area contributed by atoms with Crippen molar-refractivity contribution in [1.82, 2.24) is 4.90 Å². The van der Waals surface area contributed by atoms with Crippen molar-refractivity contribution in [3.8, 4) is 0 Å². The van der Waals surface area contributed by atoms with Crippen molar-refractivity contribution in [3.63, 3.8) is 0 Å². The zero-order valence-electron chi connectivity index (χ0n) is 16.2. The van der Waals surface area contributed by atoms with Gasteiger partial charge in [0.25, 0.3) is 0 Å². The summed E-state index contributed by atoms with van der Waals surface area (Å²) in [7, 11) is 0. The number of para-hydroxylation sites is 1. The molecule has 0 bridgehead atoms. The Morgan fingerprint density at radius 3 is 2.70 bits per heavy atom. The third-order valence-corrected chi connectivity index (χ3v) is 5.40. The van der Waals surface area contributed by atoms with Gasteiger partial charge in [0.15, 0.2) is 0 Å². The molecule has 0 aromatic heterocycles. The first-order chi connectivity index (χ1) is 13.3. The van der Waals surface area contributed by atoms with Crippen molar-refractivity contribution in [1.29, 1.82) is 0 Å². The molecule has 1 saturated heterocycles. The Hall–Kier alpha value is -2.39. The van der Waals surface area contributed by atoms with E-state index in [0.29, 0.717) is 6.04 Å². The molecule has 3 nitrogen and oxygen atoms in total. The van der Waals surface area contributed by atoms with Crippen LogP contribution in [0.5, 0.6) is 0 Å². The molecule has 27 heavy (non-hydrogen) atoms. The van der Waals surface area contributed by atoms with Gasteiger partial charge in [0.1, 0.15) is 0 Å². The number of amides is 1. The van der Waals surface area contributed by atoms with E-state index in [-0.39, 0.29) is 5.91 Å². The standard InChI is InChI=1S/C24H30N2O/c1-2-26-19-9-8-13-22(26)17-16-21-12-6-7-14-23(21)25-24(27)18-15-20-10-4-3-5-11-20/h3-7,10-12,14-15,18,22H,2,8-9,13,16-17,19H2,1H3,(H,25,27). The second-order valence-electron chi connectivity index (χ2n) is 7.21. The third kappa shape index (κ3) is 5.80. The van der Waals surface area contributed by atoms with E-state index in [1.807, 2.05) is 48.5 Å². The van der Waals surface area contributed by atoms with Gasteiger partial charge in [0.2, 0.25) is 5.91 Å². The Morgan fingerprint density at radius 2 is 1.89 bits per heavy atom. The van der Waals surface area contributed by atoms with E-state index in [9.17, 15) is 4.79 Å².